The van der Waals surface area contributed by atoms with Crippen molar-refractivity contribution in [2.45, 2.75) is 31.5 Å². The number of aryl methyl sites for hydroxylation is 2. The smallest absolute Gasteiger partial charge is 0.142 e. The van der Waals surface area contributed by atoms with Crippen LogP contribution in [0.3, 0.4) is 0 Å². The van der Waals surface area contributed by atoms with Gasteiger partial charge in [-0.2, -0.15) is 0 Å². The SMILES string of the molecule is CCc1ccc(C(Br)c2cccc(Br)c2F)cc1CC. The summed E-state index contributed by atoms with van der Waals surface area (Å²) < 4.78 is 14.7. The number of benzene rings is 2. The highest BCUT2D eigenvalue weighted by Gasteiger charge is 2.17. The van der Waals surface area contributed by atoms with Gasteiger partial charge in [-0.15, -0.1) is 0 Å². The molecule has 0 saturated carbocycles. The van der Waals surface area contributed by atoms with Crippen molar-refractivity contribution in [3.8, 4) is 0 Å². The third kappa shape index (κ3) is 3.15. The van der Waals surface area contributed by atoms with Gasteiger partial charge in [0.05, 0.1) is 9.30 Å². The predicted molar refractivity (Wildman–Crippen MR) is 90.1 cm³/mol. The van der Waals surface area contributed by atoms with Crippen LogP contribution in [-0.4, -0.2) is 0 Å². The molecule has 0 fully saturated rings. The minimum Gasteiger partial charge on any atom is -0.205 e. The molecule has 0 aliphatic heterocycles. The lowest BCUT2D eigenvalue weighted by Crippen LogP contribution is -2.00. The van der Waals surface area contributed by atoms with Gasteiger partial charge < -0.3 is 0 Å². The standard InChI is InChI=1S/C17H17Br2F/c1-3-11-8-9-13(10-12(11)4-2)16(19)14-6-5-7-15(18)17(14)20/h5-10,16H,3-4H2,1-2H3. The zero-order valence-corrected chi connectivity index (χ0v) is 14.8. The largest absolute Gasteiger partial charge is 0.205 e. The Morgan fingerprint density at radius 1 is 1.05 bits per heavy atom. The van der Waals surface area contributed by atoms with Crippen molar-refractivity contribution in [2.75, 3.05) is 0 Å². The molecule has 0 nitrogen and oxygen atoms in total. The molecule has 3 heteroatoms. The molecule has 1 atom stereocenters. The lowest BCUT2D eigenvalue weighted by Gasteiger charge is -2.15. The highest BCUT2D eigenvalue weighted by Crippen LogP contribution is 2.35. The van der Waals surface area contributed by atoms with E-state index in [9.17, 15) is 4.39 Å². The third-order valence-corrected chi connectivity index (χ3v) is 5.17. The minimum absolute atomic E-state index is 0.129. The Bertz CT molecular complexity index is 608. The average Bonchev–Trinajstić information content (AvgIpc) is 2.48. The summed E-state index contributed by atoms with van der Waals surface area (Å²) in [5.74, 6) is -0.202. The fourth-order valence-corrected chi connectivity index (χ4v) is 3.39. The zero-order valence-electron chi connectivity index (χ0n) is 11.6. The maximum absolute atomic E-state index is 14.2. The average molecular weight is 400 g/mol. The van der Waals surface area contributed by atoms with Crippen molar-refractivity contribution < 1.29 is 4.39 Å². The van der Waals surface area contributed by atoms with Gasteiger partial charge in [-0.25, -0.2) is 4.39 Å². The van der Waals surface area contributed by atoms with E-state index in [1.54, 1.807) is 6.07 Å². The lowest BCUT2D eigenvalue weighted by molar-refractivity contribution is 0.607. The Labute approximate surface area is 136 Å². The van der Waals surface area contributed by atoms with E-state index in [2.05, 4.69) is 63.9 Å². The van der Waals surface area contributed by atoms with Crippen LogP contribution in [-0.2, 0) is 12.8 Å². The Hall–Kier alpha value is -0.670. The van der Waals surface area contributed by atoms with Crippen molar-refractivity contribution in [3.05, 3.63) is 68.9 Å². The monoisotopic (exact) mass is 398 g/mol. The van der Waals surface area contributed by atoms with Crippen LogP contribution < -0.4 is 0 Å². The summed E-state index contributed by atoms with van der Waals surface area (Å²) in [6.07, 6.45) is 2.03. The summed E-state index contributed by atoms with van der Waals surface area (Å²) in [6, 6.07) is 11.8. The lowest BCUT2D eigenvalue weighted by atomic mass is 9.96. The number of rotatable bonds is 4. The highest BCUT2D eigenvalue weighted by atomic mass is 79.9. The first-order valence-corrected chi connectivity index (χ1v) is 8.49. The Balaban J connectivity index is 2.43. The van der Waals surface area contributed by atoms with E-state index in [4.69, 9.17) is 0 Å². The van der Waals surface area contributed by atoms with Crippen LogP contribution in [0.2, 0.25) is 0 Å². The molecular formula is C17H17Br2F. The summed E-state index contributed by atoms with van der Waals surface area (Å²) in [4.78, 5) is -0.129. The zero-order chi connectivity index (χ0) is 14.7. The minimum atomic E-state index is -0.202. The van der Waals surface area contributed by atoms with Gasteiger partial charge in [0.2, 0.25) is 0 Å². The quantitative estimate of drug-likeness (QED) is 0.537. The van der Waals surface area contributed by atoms with E-state index in [0.29, 0.717) is 10.0 Å². The Morgan fingerprint density at radius 2 is 1.75 bits per heavy atom. The van der Waals surface area contributed by atoms with E-state index in [-0.39, 0.29) is 10.6 Å². The second-order valence-electron chi connectivity index (χ2n) is 4.74. The molecule has 0 amide bonds. The number of alkyl halides is 1. The molecule has 0 saturated heterocycles. The molecule has 0 radical (unpaired) electrons. The molecule has 0 heterocycles. The molecular weight excluding hydrogens is 383 g/mol. The van der Waals surface area contributed by atoms with Gasteiger partial charge in [-0.05, 0) is 51.5 Å². The van der Waals surface area contributed by atoms with Crippen molar-refractivity contribution in [3.63, 3.8) is 0 Å². The van der Waals surface area contributed by atoms with E-state index in [1.807, 2.05) is 12.1 Å². The van der Waals surface area contributed by atoms with Gasteiger partial charge >= 0.3 is 0 Å². The van der Waals surface area contributed by atoms with E-state index < -0.39 is 0 Å². The second-order valence-corrected chi connectivity index (χ2v) is 6.51. The van der Waals surface area contributed by atoms with Crippen LogP contribution in [0.15, 0.2) is 40.9 Å². The van der Waals surface area contributed by atoms with Crippen LogP contribution in [0.5, 0.6) is 0 Å². The van der Waals surface area contributed by atoms with Gasteiger partial charge in [-0.1, -0.05) is 60.1 Å². The third-order valence-electron chi connectivity index (χ3n) is 3.54. The molecule has 0 spiro atoms. The van der Waals surface area contributed by atoms with Gasteiger partial charge in [0.15, 0.2) is 0 Å². The van der Waals surface area contributed by atoms with E-state index in [0.717, 1.165) is 18.4 Å². The van der Waals surface area contributed by atoms with Crippen LogP contribution in [0.1, 0.15) is 40.9 Å². The molecule has 1 unspecified atom stereocenters. The first-order chi connectivity index (χ1) is 9.58. The number of hydrogen-bond acceptors (Lipinski definition) is 0. The fraction of sp³-hybridized carbons (Fsp3) is 0.294. The number of hydrogen-bond donors (Lipinski definition) is 0. The fourth-order valence-electron chi connectivity index (χ4n) is 2.37. The molecule has 2 aromatic rings. The van der Waals surface area contributed by atoms with Crippen LogP contribution in [0.4, 0.5) is 4.39 Å². The molecule has 106 valence electrons. The van der Waals surface area contributed by atoms with Crippen LogP contribution in [0.25, 0.3) is 0 Å². The van der Waals surface area contributed by atoms with Gasteiger partial charge in [0.25, 0.3) is 0 Å². The van der Waals surface area contributed by atoms with Crippen LogP contribution in [0, 0.1) is 5.82 Å². The Kier molecular flexibility index (Phi) is 5.39. The maximum Gasteiger partial charge on any atom is 0.142 e. The van der Waals surface area contributed by atoms with Crippen molar-refractivity contribution in [1.29, 1.82) is 0 Å². The normalized spacial score (nSPS) is 12.4. The molecule has 0 aliphatic carbocycles. The molecule has 0 bridgehead atoms. The summed E-state index contributed by atoms with van der Waals surface area (Å²) in [5.41, 5.74) is 4.46. The van der Waals surface area contributed by atoms with Crippen molar-refractivity contribution in [1.82, 2.24) is 0 Å². The first-order valence-electron chi connectivity index (χ1n) is 6.78. The Morgan fingerprint density at radius 3 is 2.40 bits per heavy atom. The molecule has 20 heavy (non-hydrogen) atoms. The molecule has 2 rings (SSSR count). The van der Waals surface area contributed by atoms with Crippen LogP contribution >= 0.6 is 31.9 Å². The molecule has 0 aliphatic rings. The summed E-state index contributed by atoms with van der Waals surface area (Å²) in [7, 11) is 0. The van der Waals surface area contributed by atoms with E-state index in [1.165, 1.54) is 11.1 Å². The van der Waals surface area contributed by atoms with Gasteiger partial charge in [0.1, 0.15) is 5.82 Å². The predicted octanol–water partition coefficient (Wildman–Crippen LogP) is 6.20. The van der Waals surface area contributed by atoms with Crippen molar-refractivity contribution >= 4 is 31.9 Å². The van der Waals surface area contributed by atoms with Gasteiger partial charge in [-0.3, -0.25) is 0 Å². The number of halogens is 3. The summed E-state index contributed by atoms with van der Waals surface area (Å²) in [5, 5.41) is 0. The molecule has 0 N–H and O–H groups in total. The molecule has 0 aromatic heterocycles. The maximum atomic E-state index is 14.2. The van der Waals surface area contributed by atoms with Crippen molar-refractivity contribution in [2.24, 2.45) is 0 Å². The first kappa shape index (κ1) is 15.7. The summed E-state index contributed by atoms with van der Waals surface area (Å²) >= 11 is 6.87. The topological polar surface area (TPSA) is 0 Å². The second kappa shape index (κ2) is 6.86. The van der Waals surface area contributed by atoms with Gasteiger partial charge in [0, 0.05) is 5.56 Å². The van der Waals surface area contributed by atoms with E-state index >= 15 is 0 Å². The molecule has 2 aromatic carbocycles. The summed E-state index contributed by atoms with van der Waals surface area (Å²) in [6.45, 7) is 4.31. The highest BCUT2D eigenvalue weighted by molar-refractivity contribution is 9.10.